The molecule has 0 saturated carbocycles. The molecule has 17 heavy (non-hydrogen) atoms. The molecule has 0 atom stereocenters. The van der Waals surface area contributed by atoms with Crippen LogP contribution in [0, 0.1) is 0 Å². The Balaban J connectivity index is 2.02. The lowest BCUT2D eigenvalue weighted by atomic mass is 10.2. The third-order valence-corrected chi connectivity index (χ3v) is 4.80. The Kier molecular flexibility index (Phi) is 3.72. The van der Waals surface area contributed by atoms with Gasteiger partial charge in [-0.25, -0.2) is 14.3 Å². The molecule has 1 heterocycles. The molecular weight excluding hydrogens is 310 g/mol. The Labute approximate surface area is 108 Å². The van der Waals surface area contributed by atoms with Crippen LogP contribution < -0.4 is 10.6 Å². The number of rotatable bonds is 4. The number of hydrogen-bond acceptors (Lipinski definition) is 5. The lowest BCUT2D eigenvalue weighted by molar-refractivity contribution is 0.124. The fraction of sp³-hybridized carbons (Fsp3) is 0.400. The second-order valence-corrected chi connectivity index (χ2v) is 6.90. The zero-order valence-electron chi connectivity index (χ0n) is 8.93. The monoisotopic (exact) mass is 321 g/mol. The van der Waals surface area contributed by atoms with Crippen LogP contribution in [0.2, 0.25) is 0 Å². The van der Waals surface area contributed by atoms with E-state index in [2.05, 4.69) is 20.8 Å². The van der Waals surface area contributed by atoms with Crippen LogP contribution >= 0.6 is 15.9 Å². The zero-order chi connectivity index (χ0) is 12.5. The highest BCUT2D eigenvalue weighted by Crippen LogP contribution is 2.29. The largest absolute Gasteiger partial charge is 0.487 e. The van der Waals surface area contributed by atoms with Crippen LogP contribution in [-0.2, 0) is 21.3 Å². The number of nitrogens with two attached hydrogens (primary N) is 1. The highest BCUT2D eigenvalue weighted by Gasteiger charge is 2.35. The van der Waals surface area contributed by atoms with Crippen molar-refractivity contribution in [1.82, 2.24) is 0 Å². The van der Waals surface area contributed by atoms with Gasteiger partial charge in [0.2, 0.25) is 0 Å². The fourth-order valence-corrected chi connectivity index (χ4v) is 3.28. The van der Waals surface area contributed by atoms with Crippen LogP contribution in [-0.4, -0.2) is 26.0 Å². The number of hydrogen-bond donors (Lipinski definition) is 1. The zero-order valence-corrected chi connectivity index (χ0v) is 11.3. The minimum Gasteiger partial charge on any atom is -0.487 e. The quantitative estimate of drug-likeness (QED) is 0.837. The van der Waals surface area contributed by atoms with Gasteiger partial charge in [0.1, 0.15) is 11.9 Å². The van der Waals surface area contributed by atoms with Crippen molar-refractivity contribution in [1.29, 1.82) is 0 Å². The summed E-state index contributed by atoms with van der Waals surface area (Å²) in [5.74, 6) is 5.79. The van der Waals surface area contributed by atoms with Gasteiger partial charge in [-0.15, -0.1) is 0 Å². The van der Waals surface area contributed by atoms with E-state index in [0.29, 0.717) is 12.4 Å². The van der Waals surface area contributed by atoms with E-state index >= 15 is 0 Å². The molecule has 2 rings (SSSR count). The summed E-state index contributed by atoms with van der Waals surface area (Å²) in [6.07, 6.45) is -0.243. The minimum absolute atomic E-state index is 0.0904. The maximum absolute atomic E-state index is 11.0. The molecule has 1 aliphatic rings. The highest BCUT2D eigenvalue weighted by atomic mass is 79.9. The van der Waals surface area contributed by atoms with E-state index in [1.807, 2.05) is 12.1 Å². The summed E-state index contributed by atoms with van der Waals surface area (Å²) >= 11 is 3.36. The number of halogens is 1. The minimum atomic E-state index is -2.86. The Hall–Kier alpha value is -0.630. The maximum atomic E-state index is 11.0. The van der Waals surface area contributed by atoms with Gasteiger partial charge >= 0.3 is 0 Å². The first kappa shape index (κ1) is 12.8. The molecule has 7 heteroatoms. The van der Waals surface area contributed by atoms with Crippen molar-refractivity contribution in [2.75, 3.05) is 11.5 Å². The van der Waals surface area contributed by atoms with Crippen LogP contribution in [0.5, 0.6) is 5.75 Å². The normalized spacial score (nSPS) is 18.7. The smallest absolute Gasteiger partial charge is 0.157 e. The summed E-state index contributed by atoms with van der Waals surface area (Å²) in [7, 11) is -2.86. The highest BCUT2D eigenvalue weighted by molar-refractivity contribution is 9.10. The summed E-state index contributed by atoms with van der Waals surface area (Å²) in [6.45, 7) is 0.316. The lowest BCUT2D eigenvalue weighted by Gasteiger charge is -2.27. The van der Waals surface area contributed by atoms with E-state index in [-0.39, 0.29) is 17.6 Å². The first-order valence-electron chi connectivity index (χ1n) is 4.97. The molecule has 5 nitrogen and oxygen atoms in total. The topological polar surface area (TPSA) is 78.6 Å². The van der Waals surface area contributed by atoms with Crippen LogP contribution in [0.1, 0.15) is 5.56 Å². The molecule has 1 aromatic rings. The van der Waals surface area contributed by atoms with Crippen molar-refractivity contribution >= 4 is 25.8 Å². The van der Waals surface area contributed by atoms with Crippen LogP contribution in [0.25, 0.3) is 0 Å². The molecule has 1 aliphatic heterocycles. The van der Waals surface area contributed by atoms with Crippen LogP contribution in [0.4, 0.5) is 0 Å². The van der Waals surface area contributed by atoms with Crippen molar-refractivity contribution in [3.05, 3.63) is 28.2 Å². The number of sulfone groups is 1. The molecule has 0 radical (unpaired) electrons. The van der Waals surface area contributed by atoms with E-state index in [9.17, 15) is 8.42 Å². The molecule has 0 amide bonds. The Morgan fingerprint density at radius 3 is 2.65 bits per heavy atom. The molecule has 0 unspecified atom stereocenters. The van der Waals surface area contributed by atoms with E-state index in [4.69, 9.17) is 10.6 Å². The molecule has 1 fully saturated rings. The van der Waals surface area contributed by atoms with Gasteiger partial charge in [0, 0.05) is 0 Å². The first-order chi connectivity index (χ1) is 8.00. The molecule has 0 bridgehead atoms. The average molecular weight is 322 g/mol. The summed E-state index contributed by atoms with van der Waals surface area (Å²) in [4.78, 5) is 4.52. The van der Waals surface area contributed by atoms with Crippen molar-refractivity contribution in [3.63, 3.8) is 0 Å². The van der Waals surface area contributed by atoms with Gasteiger partial charge in [-0.1, -0.05) is 6.07 Å². The summed E-state index contributed by atoms with van der Waals surface area (Å²) in [5.41, 5.74) is 0.910. The Bertz CT molecular complexity index is 505. The van der Waals surface area contributed by atoms with Crippen molar-refractivity contribution in [2.24, 2.45) is 5.90 Å². The third-order valence-electron chi connectivity index (χ3n) is 2.42. The van der Waals surface area contributed by atoms with Crippen molar-refractivity contribution < 1.29 is 18.0 Å². The van der Waals surface area contributed by atoms with Crippen molar-refractivity contribution in [3.8, 4) is 5.75 Å². The standard InChI is InChI=1S/C10H12BrNO4S/c11-9-3-7(4-15-12)1-2-10(9)16-8-5-17(13,14)6-8/h1-3,8H,4-6,12H2. The fourth-order valence-electron chi connectivity index (χ4n) is 1.59. The van der Waals surface area contributed by atoms with E-state index < -0.39 is 9.84 Å². The molecule has 1 saturated heterocycles. The van der Waals surface area contributed by atoms with Gasteiger partial charge in [0.05, 0.1) is 22.6 Å². The van der Waals surface area contributed by atoms with Gasteiger partial charge in [0.15, 0.2) is 9.84 Å². The first-order valence-corrected chi connectivity index (χ1v) is 7.59. The third kappa shape index (κ3) is 3.19. The van der Waals surface area contributed by atoms with Gasteiger partial charge in [-0.05, 0) is 33.6 Å². The average Bonchev–Trinajstić information content (AvgIpc) is 2.19. The molecule has 1 aromatic carbocycles. The molecule has 94 valence electrons. The van der Waals surface area contributed by atoms with Crippen LogP contribution in [0.3, 0.4) is 0 Å². The second kappa shape index (κ2) is 4.93. The number of benzene rings is 1. The summed E-state index contributed by atoms with van der Waals surface area (Å²) in [5, 5.41) is 0. The SMILES string of the molecule is NOCc1ccc(OC2CS(=O)(=O)C2)c(Br)c1. The Morgan fingerprint density at radius 1 is 1.41 bits per heavy atom. The lowest BCUT2D eigenvalue weighted by Crippen LogP contribution is -2.45. The second-order valence-electron chi connectivity index (χ2n) is 3.89. The predicted molar refractivity (Wildman–Crippen MR) is 66.2 cm³/mol. The van der Waals surface area contributed by atoms with E-state index in [1.54, 1.807) is 6.07 Å². The Morgan fingerprint density at radius 2 is 2.12 bits per heavy atom. The van der Waals surface area contributed by atoms with Crippen LogP contribution in [0.15, 0.2) is 22.7 Å². The van der Waals surface area contributed by atoms with Gasteiger partial charge < -0.3 is 4.74 Å². The molecule has 0 aromatic heterocycles. The van der Waals surface area contributed by atoms with Gasteiger partial charge in [-0.2, -0.15) is 0 Å². The number of ether oxygens (including phenoxy) is 1. The predicted octanol–water partition coefficient (Wildman–Crippen LogP) is 1.02. The summed E-state index contributed by atoms with van der Waals surface area (Å²) in [6, 6.07) is 5.42. The maximum Gasteiger partial charge on any atom is 0.157 e. The van der Waals surface area contributed by atoms with Gasteiger partial charge in [0.25, 0.3) is 0 Å². The van der Waals surface area contributed by atoms with E-state index in [0.717, 1.165) is 10.0 Å². The van der Waals surface area contributed by atoms with Crippen molar-refractivity contribution in [2.45, 2.75) is 12.7 Å². The molecule has 0 aliphatic carbocycles. The molecule has 2 N–H and O–H groups in total. The molecular formula is C10H12BrNO4S. The van der Waals surface area contributed by atoms with E-state index in [1.165, 1.54) is 0 Å². The summed E-state index contributed by atoms with van der Waals surface area (Å²) < 4.78 is 28.3. The molecule has 0 spiro atoms. The van der Waals surface area contributed by atoms with Gasteiger partial charge in [-0.3, -0.25) is 4.84 Å².